The number of carbonyl (C=O) groups is 3. The first-order valence-corrected chi connectivity index (χ1v) is 19.6. The van der Waals surface area contributed by atoms with E-state index in [2.05, 4.69) is 36.4 Å². The van der Waals surface area contributed by atoms with Crippen LogP contribution < -0.4 is 15.4 Å². The van der Waals surface area contributed by atoms with E-state index in [-0.39, 0.29) is 31.2 Å². The van der Waals surface area contributed by atoms with E-state index in [1.54, 1.807) is 16.6 Å². The fraction of sp³-hybridized carbons (Fsp3) is 0.472. The Balaban J connectivity index is 1.21. The summed E-state index contributed by atoms with van der Waals surface area (Å²) in [6, 6.07) is 17.2. The number of nitrogens with one attached hydrogen (secondary N) is 3. The zero-order valence-corrected chi connectivity index (χ0v) is 30.3. The van der Waals surface area contributed by atoms with Crippen molar-refractivity contribution in [2.75, 3.05) is 11.9 Å². The fourth-order valence-corrected chi connectivity index (χ4v) is 8.80. The highest BCUT2D eigenvalue weighted by Gasteiger charge is 2.63. The normalized spacial score (nSPS) is 28.0. The van der Waals surface area contributed by atoms with Crippen molar-refractivity contribution in [1.82, 2.24) is 29.9 Å². The number of benzene rings is 2. The lowest BCUT2D eigenvalue weighted by Crippen LogP contribution is -2.58. The van der Waals surface area contributed by atoms with Crippen LogP contribution in [0.5, 0.6) is 0 Å². The topological polar surface area (TPSA) is 155 Å². The van der Waals surface area contributed by atoms with Gasteiger partial charge in [0.05, 0.1) is 10.8 Å². The van der Waals surface area contributed by atoms with Crippen LogP contribution in [0.3, 0.4) is 0 Å². The number of carbonyl (C=O) groups excluding carboxylic acids is 3. The molecule has 14 heteroatoms. The zero-order valence-electron chi connectivity index (χ0n) is 27.9. The molecule has 0 spiro atoms. The van der Waals surface area contributed by atoms with Gasteiger partial charge < -0.3 is 15.5 Å². The number of amides is 3. The minimum absolute atomic E-state index is 0.175. The molecule has 4 aliphatic rings. The lowest BCUT2D eigenvalue weighted by atomic mass is 10.0. The van der Waals surface area contributed by atoms with Crippen LogP contribution in [-0.4, -0.2) is 74.9 Å². The van der Waals surface area contributed by atoms with Crippen molar-refractivity contribution in [2.45, 2.75) is 93.1 Å². The maximum atomic E-state index is 14.5. The third kappa shape index (κ3) is 6.83. The second kappa shape index (κ2) is 13.6. The molecule has 2 saturated carbocycles. The minimum Gasteiger partial charge on any atom is -0.374 e. The molecule has 0 bridgehead atoms. The Bertz CT molecular complexity index is 1900. The summed E-state index contributed by atoms with van der Waals surface area (Å²) in [6.45, 7) is 1.79. The Labute approximate surface area is 300 Å². The molecule has 5 atom stereocenters. The second-order valence-electron chi connectivity index (χ2n) is 14.2. The standard InChI is InChI=1S/C36H42BrN7O5S/c1-35(19-20-35)50(48,49)42-34(47)36-22-25(36)15-9-3-2-4-12-18-28(38-26-16-10-6-11-17-26)33(46)43-23-27(21-29(43)32(45)39-36)44-40-30(31(37)41-44)24-13-7-5-8-14-24/h5-11,13-17,25,27-29,38H,2-4,12,18-23H2,1H3,(H,39,45)(H,42,47)/t25-,27-,28+,29+,36-/m1/s1. The van der Waals surface area contributed by atoms with Crippen LogP contribution >= 0.6 is 15.9 Å². The molecule has 2 aliphatic carbocycles. The summed E-state index contributed by atoms with van der Waals surface area (Å²) < 4.78 is 28.1. The molecule has 2 aromatic carbocycles. The van der Waals surface area contributed by atoms with Crippen molar-refractivity contribution in [2.24, 2.45) is 5.92 Å². The van der Waals surface area contributed by atoms with E-state index in [9.17, 15) is 22.8 Å². The Kier molecular flexibility index (Phi) is 9.35. The van der Waals surface area contributed by atoms with Gasteiger partial charge in [0.2, 0.25) is 21.8 Å². The van der Waals surface area contributed by atoms with Crippen LogP contribution in [0.2, 0.25) is 0 Å². The molecule has 1 saturated heterocycles. The molecule has 3 aromatic rings. The monoisotopic (exact) mass is 763 g/mol. The highest BCUT2D eigenvalue weighted by molar-refractivity contribution is 9.10. The highest BCUT2D eigenvalue weighted by atomic mass is 79.9. The van der Waals surface area contributed by atoms with Crippen LogP contribution in [0.4, 0.5) is 5.69 Å². The van der Waals surface area contributed by atoms with Crippen LogP contribution in [0.15, 0.2) is 77.4 Å². The smallest absolute Gasteiger partial charge is 0.259 e. The molecular weight excluding hydrogens is 722 g/mol. The summed E-state index contributed by atoms with van der Waals surface area (Å²) in [5, 5.41) is 15.8. The number of halogens is 1. The van der Waals surface area contributed by atoms with Gasteiger partial charge in [-0.1, -0.05) is 73.5 Å². The number of hydrogen-bond acceptors (Lipinski definition) is 8. The fourth-order valence-electron chi connectivity index (χ4n) is 7.02. The van der Waals surface area contributed by atoms with Crippen molar-refractivity contribution in [3.63, 3.8) is 0 Å². The molecule has 12 nitrogen and oxygen atoms in total. The van der Waals surface area contributed by atoms with Crippen LogP contribution in [0.1, 0.15) is 70.8 Å². The summed E-state index contributed by atoms with van der Waals surface area (Å²) in [5.74, 6) is -1.84. The summed E-state index contributed by atoms with van der Waals surface area (Å²) in [4.78, 5) is 45.9. The van der Waals surface area contributed by atoms with Crippen LogP contribution in [0, 0.1) is 5.92 Å². The SMILES string of the molecule is CC1(S(=O)(=O)NC(=O)[C@@]23C[C@H]2C=CCCCCC[C@H](Nc2ccccc2)C(=O)N2C[C@H](n4nc(Br)c(-c5ccccc5)n4)C[C@H]2C(=O)N3)CC1. The average molecular weight is 765 g/mol. The van der Waals surface area contributed by atoms with Gasteiger partial charge in [-0.05, 0) is 73.5 Å². The summed E-state index contributed by atoms with van der Waals surface area (Å²) in [7, 11) is -3.93. The predicted octanol–water partition coefficient (Wildman–Crippen LogP) is 4.72. The van der Waals surface area contributed by atoms with Gasteiger partial charge in [0, 0.05) is 30.1 Å². The Hall–Kier alpha value is -4.04. The van der Waals surface area contributed by atoms with Gasteiger partial charge in [-0.25, -0.2) is 8.42 Å². The molecule has 50 heavy (non-hydrogen) atoms. The van der Waals surface area contributed by atoms with Crippen molar-refractivity contribution < 1.29 is 22.8 Å². The van der Waals surface area contributed by atoms with Crippen LogP contribution in [-0.2, 0) is 24.4 Å². The molecule has 264 valence electrons. The number of fused-ring (bicyclic) bond motifs is 2. The number of rotatable bonds is 7. The number of sulfonamides is 1. The molecular formula is C36H42BrN7O5S. The first-order chi connectivity index (χ1) is 24.0. The van der Waals surface area contributed by atoms with Gasteiger partial charge in [0.1, 0.15) is 23.3 Å². The quantitative estimate of drug-likeness (QED) is 0.292. The largest absolute Gasteiger partial charge is 0.374 e. The first-order valence-electron chi connectivity index (χ1n) is 17.3. The van der Waals surface area contributed by atoms with Gasteiger partial charge in [0.15, 0.2) is 4.60 Å². The lowest BCUT2D eigenvalue weighted by Gasteiger charge is -2.30. The average Bonchev–Trinajstić information content (AvgIpc) is 3.91. The van der Waals surface area contributed by atoms with Gasteiger partial charge in [-0.3, -0.25) is 19.1 Å². The summed E-state index contributed by atoms with van der Waals surface area (Å²) >= 11 is 3.55. The number of allylic oxidation sites excluding steroid dienone is 1. The van der Waals surface area contributed by atoms with Gasteiger partial charge in [-0.2, -0.15) is 9.90 Å². The zero-order chi connectivity index (χ0) is 35.1. The predicted molar refractivity (Wildman–Crippen MR) is 192 cm³/mol. The second-order valence-corrected chi connectivity index (χ2v) is 17.2. The lowest BCUT2D eigenvalue weighted by molar-refractivity contribution is -0.140. The molecule has 0 unspecified atom stereocenters. The molecule has 0 radical (unpaired) electrons. The van der Waals surface area contributed by atoms with Crippen molar-refractivity contribution >= 4 is 49.4 Å². The number of para-hydroxylation sites is 1. The van der Waals surface area contributed by atoms with E-state index in [1.165, 1.54) is 0 Å². The maximum absolute atomic E-state index is 14.5. The summed E-state index contributed by atoms with van der Waals surface area (Å²) in [5.41, 5.74) is 0.878. The minimum atomic E-state index is -3.93. The molecule has 3 amide bonds. The molecule has 3 N–H and O–H groups in total. The third-order valence-corrected chi connectivity index (χ3v) is 13.3. The molecule has 1 aromatic heterocycles. The van der Waals surface area contributed by atoms with E-state index in [1.807, 2.05) is 72.8 Å². The van der Waals surface area contributed by atoms with E-state index in [0.29, 0.717) is 29.6 Å². The Morgan fingerprint density at radius 2 is 1.72 bits per heavy atom. The maximum Gasteiger partial charge on any atom is 0.259 e. The highest BCUT2D eigenvalue weighted by Crippen LogP contribution is 2.47. The van der Waals surface area contributed by atoms with Gasteiger partial charge >= 0.3 is 0 Å². The van der Waals surface area contributed by atoms with Crippen LogP contribution in [0.25, 0.3) is 11.3 Å². The summed E-state index contributed by atoms with van der Waals surface area (Å²) in [6.07, 6.45) is 9.29. The third-order valence-electron chi connectivity index (χ3n) is 10.6. The van der Waals surface area contributed by atoms with E-state index < -0.39 is 50.2 Å². The molecule has 3 heterocycles. The molecule has 7 rings (SSSR count). The molecule has 3 fully saturated rings. The van der Waals surface area contributed by atoms with E-state index in [0.717, 1.165) is 36.9 Å². The van der Waals surface area contributed by atoms with E-state index in [4.69, 9.17) is 5.10 Å². The molecule has 2 aliphatic heterocycles. The number of nitrogens with zero attached hydrogens (tertiary/aromatic N) is 4. The Morgan fingerprint density at radius 1 is 1.00 bits per heavy atom. The Morgan fingerprint density at radius 3 is 2.44 bits per heavy atom. The van der Waals surface area contributed by atoms with Crippen molar-refractivity contribution in [3.05, 3.63) is 77.4 Å². The number of hydrogen-bond donors (Lipinski definition) is 3. The number of aromatic nitrogens is 3. The first kappa shape index (κ1) is 34.4. The number of anilines is 1. The van der Waals surface area contributed by atoms with Crippen molar-refractivity contribution in [1.29, 1.82) is 0 Å². The van der Waals surface area contributed by atoms with E-state index >= 15 is 0 Å². The van der Waals surface area contributed by atoms with Crippen molar-refractivity contribution in [3.8, 4) is 11.3 Å². The van der Waals surface area contributed by atoms with Gasteiger partial charge in [-0.15, -0.1) is 5.10 Å². The van der Waals surface area contributed by atoms with Gasteiger partial charge in [0.25, 0.3) is 5.91 Å².